The van der Waals surface area contributed by atoms with Crippen molar-refractivity contribution in [2.45, 2.75) is 38.6 Å². The Morgan fingerprint density at radius 3 is 2.33 bits per heavy atom. The summed E-state index contributed by atoms with van der Waals surface area (Å²) < 4.78 is 10.6. The molecule has 1 aromatic carbocycles. The molecule has 1 fully saturated rings. The Morgan fingerprint density at radius 1 is 1.22 bits per heavy atom. The van der Waals surface area contributed by atoms with E-state index in [-0.39, 0.29) is 6.04 Å². The Morgan fingerprint density at radius 2 is 1.83 bits per heavy atom. The van der Waals surface area contributed by atoms with Gasteiger partial charge in [0.15, 0.2) is 11.5 Å². The molecule has 1 aliphatic rings. The fourth-order valence-corrected chi connectivity index (χ4v) is 2.61. The largest absolute Gasteiger partial charge is 0.493 e. The standard InChI is InChI=1S/C15H23NO2/c1-10-7-14(17-2)15(18-3)9-12(10)13(16)8-11-5-4-6-11/h7,9,11,13H,4-6,8,16H2,1-3H3. The van der Waals surface area contributed by atoms with Crippen LogP contribution in [0.15, 0.2) is 12.1 Å². The zero-order valence-corrected chi connectivity index (χ0v) is 11.5. The van der Waals surface area contributed by atoms with Gasteiger partial charge in [-0.2, -0.15) is 0 Å². The lowest BCUT2D eigenvalue weighted by atomic mass is 9.79. The highest BCUT2D eigenvalue weighted by molar-refractivity contribution is 5.48. The Kier molecular flexibility index (Phi) is 4.12. The summed E-state index contributed by atoms with van der Waals surface area (Å²) in [7, 11) is 3.32. The van der Waals surface area contributed by atoms with Gasteiger partial charge in [0, 0.05) is 6.04 Å². The summed E-state index contributed by atoms with van der Waals surface area (Å²) in [4.78, 5) is 0. The molecule has 0 bridgehead atoms. The molecule has 0 spiro atoms. The Hall–Kier alpha value is -1.22. The fourth-order valence-electron chi connectivity index (χ4n) is 2.61. The number of ether oxygens (including phenoxy) is 2. The number of methoxy groups -OCH3 is 2. The van der Waals surface area contributed by atoms with Crippen molar-refractivity contribution in [1.29, 1.82) is 0 Å². The Labute approximate surface area is 109 Å². The lowest BCUT2D eigenvalue weighted by molar-refractivity contribution is 0.276. The van der Waals surface area contributed by atoms with Crippen LogP contribution in [-0.4, -0.2) is 14.2 Å². The van der Waals surface area contributed by atoms with Gasteiger partial charge in [0.25, 0.3) is 0 Å². The van der Waals surface area contributed by atoms with Gasteiger partial charge in [0.05, 0.1) is 14.2 Å². The first-order valence-corrected chi connectivity index (χ1v) is 6.63. The maximum atomic E-state index is 6.32. The molecule has 1 aliphatic carbocycles. The highest BCUT2D eigenvalue weighted by Gasteiger charge is 2.22. The lowest BCUT2D eigenvalue weighted by Crippen LogP contribution is -2.20. The average molecular weight is 249 g/mol. The van der Waals surface area contributed by atoms with E-state index in [2.05, 4.69) is 6.92 Å². The van der Waals surface area contributed by atoms with Gasteiger partial charge in [-0.25, -0.2) is 0 Å². The number of hydrogen-bond donors (Lipinski definition) is 1. The molecule has 0 aromatic heterocycles. The van der Waals surface area contributed by atoms with Gasteiger partial charge in [-0.3, -0.25) is 0 Å². The fraction of sp³-hybridized carbons (Fsp3) is 0.600. The van der Waals surface area contributed by atoms with E-state index in [1.54, 1.807) is 14.2 Å². The molecular formula is C15H23NO2. The predicted octanol–water partition coefficient (Wildman–Crippen LogP) is 3.20. The maximum absolute atomic E-state index is 6.32. The molecule has 2 N–H and O–H groups in total. The number of aryl methyl sites for hydroxylation is 1. The molecule has 0 heterocycles. The third kappa shape index (κ3) is 2.61. The summed E-state index contributed by atoms with van der Waals surface area (Å²) in [5, 5.41) is 0. The normalized spacial score (nSPS) is 17.1. The van der Waals surface area contributed by atoms with Crippen LogP contribution in [0.25, 0.3) is 0 Å². The molecule has 1 aromatic rings. The third-order valence-corrected chi connectivity index (χ3v) is 3.98. The topological polar surface area (TPSA) is 44.5 Å². The summed E-state index contributed by atoms with van der Waals surface area (Å²) in [6.45, 7) is 2.08. The van der Waals surface area contributed by atoms with Gasteiger partial charge in [-0.05, 0) is 42.5 Å². The number of nitrogens with two attached hydrogens (primary N) is 1. The van der Waals surface area contributed by atoms with Gasteiger partial charge in [-0.15, -0.1) is 0 Å². The second-order valence-corrected chi connectivity index (χ2v) is 5.20. The zero-order chi connectivity index (χ0) is 13.1. The van der Waals surface area contributed by atoms with Crippen molar-refractivity contribution >= 4 is 0 Å². The second kappa shape index (κ2) is 5.61. The SMILES string of the molecule is COc1cc(C)c(C(N)CC2CCC2)cc1OC. The van der Waals surface area contributed by atoms with Crippen molar-refractivity contribution in [3.63, 3.8) is 0 Å². The molecule has 1 saturated carbocycles. The number of hydrogen-bond acceptors (Lipinski definition) is 3. The highest BCUT2D eigenvalue weighted by Crippen LogP contribution is 2.37. The summed E-state index contributed by atoms with van der Waals surface area (Å²) in [5.74, 6) is 2.35. The van der Waals surface area contributed by atoms with Gasteiger partial charge in [0.1, 0.15) is 0 Å². The van der Waals surface area contributed by atoms with Crippen LogP contribution < -0.4 is 15.2 Å². The van der Waals surface area contributed by atoms with Gasteiger partial charge < -0.3 is 15.2 Å². The number of benzene rings is 1. The summed E-state index contributed by atoms with van der Waals surface area (Å²) >= 11 is 0. The van der Waals surface area contributed by atoms with Crippen molar-refractivity contribution in [2.24, 2.45) is 11.7 Å². The minimum atomic E-state index is 0.107. The molecule has 0 saturated heterocycles. The quantitative estimate of drug-likeness (QED) is 0.871. The molecule has 0 aliphatic heterocycles. The van der Waals surface area contributed by atoms with E-state index in [0.717, 1.165) is 23.8 Å². The Balaban J connectivity index is 2.20. The van der Waals surface area contributed by atoms with Crippen LogP contribution in [0.1, 0.15) is 42.9 Å². The van der Waals surface area contributed by atoms with Crippen molar-refractivity contribution in [3.8, 4) is 11.5 Å². The van der Waals surface area contributed by atoms with E-state index in [1.165, 1.54) is 30.4 Å². The first-order valence-electron chi connectivity index (χ1n) is 6.63. The molecule has 0 radical (unpaired) electrons. The van der Waals surface area contributed by atoms with Gasteiger partial charge in [0.2, 0.25) is 0 Å². The number of rotatable bonds is 5. The van der Waals surface area contributed by atoms with E-state index in [1.807, 2.05) is 12.1 Å². The maximum Gasteiger partial charge on any atom is 0.161 e. The van der Waals surface area contributed by atoms with E-state index in [9.17, 15) is 0 Å². The van der Waals surface area contributed by atoms with Crippen LogP contribution in [0.5, 0.6) is 11.5 Å². The third-order valence-electron chi connectivity index (χ3n) is 3.98. The minimum absolute atomic E-state index is 0.107. The predicted molar refractivity (Wildman–Crippen MR) is 73.2 cm³/mol. The van der Waals surface area contributed by atoms with Gasteiger partial charge >= 0.3 is 0 Å². The van der Waals surface area contributed by atoms with E-state index in [4.69, 9.17) is 15.2 Å². The molecule has 100 valence electrons. The minimum Gasteiger partial charge on any atom is -0.493 e. The lowest BCUT2D eigenvalue weighted by Gasteiger charge is -2.29. The molecule has 2 rings (SSSR count). The van der Waals surface area contributed by atoms with Crippen LogP contribution in [0.4, 0.5) is 0 Å². The molecule has 18 heavy (non-hydrogen) atoms. The van der Waals surface area contributed by atoms with E-state index < -0.39 is 0 Å². The van der Waals surface area contributed by atoms with E-state index >= 15 is 0 Å². The summed E-state index contributed by atoms with van der Waals surface area (Å²) in [5.41, 5.74) is 8.69. The van der Waals surface area contributed by atoms with Crippen LogP contribution in [-0.2, 0) is 0 Å². The van der Waals surface area contributed by atoms with Crippen LogP contribution >= 0.6 is 0 Å². The smallest absolute Gasteiger partial charge is 0.161 e. The molecule has 1 unspecified atom stereocenters. The van der Waals surface area contributed by atoms with Crippen LogP contribution in [0.2, 0.25) is 0 Å². The molecule has 3 nitrogen and oxygen atoms in total. The van der Waals surface area contributed by atoms with Crippen molar-refractivity contribution in [2.75, 3.05) is 14.2 Å². The first kappa shape index (κ1) is 13.2. The van der Waals surface area contributed by atoms with Crippen LogP contribution in [0.3, 0.4) is 0 Å². The summed E-state index contributed by atoms with van der Waals surface area (Å²) in [6, 6.07) is 4.14. The van der Waals surface area contributed by atoms with E-state index in [0.29, 0.717) is 0 Å². The van der Waals surface area contributed by atoms with Crippen LogP contribution in [0, 0.1) is 12.8 Å². The van der Waals surface area contributed by atoms with Crippen molar-refractivity contribution in [1.82, 2.24) is 0 Å². The second-order valence-electron chi connectivity index (χ2n) is 5.20. The van der Waals surface area contributed by atoms with Crippen molar-refractivity contribution in [3.05, 3.63) is 23.3 Å². The zero-order valence-electron chi connectivity index (χ0n) is 11.5. The average Bonchev–Trinajstić information content (AvgIpc) is 2.33. The highest BCUT2D eigenvalue weighted by atomic mass is 16.5. The molecule has 0 amide bonds. The van der Waals surface area contributed by atoms with Gasteiger partial charge in [-0.1, -0.05) is 19.3 Å². The molecule has 1 atom stereocenters. The summed E-state index contributed by atoms with van der Waals surface area (Å²) in [6.07, 6.45) is 5.11. The Bertz CT molecular complexity index is 413. The monoisotopic (exact) mass is 249 g/mol. The molecule has 3 heteroatoms. The first-order chi connectivity index (χ1) is 8.65. The van der Waals surface area contributed by atoms with Crippen molar-refractivity contribution < 1.29 is 9.47 Å². The molecular weight excluding hydrogens is 226 g/mol.